The summed E-state index contributed by atoms with van der Waals surface area (Å²) in [6, 6.07) is 1.55. The van der Waals surface area contributed by atoms with Crippen molar-refractivity contribution >= 4 is 11.8 Å². The van der Waals surface area contributed by atoms with Gasteiger partial charge in [-0.15, -0.1) is 0 Å². The summed E-state index contributed by atoms with van der Waals surface area (Å²) in [6.07, 6.45) is 2.87. The molecule has 1 aromatic rings. The molecule has 0 fully saturated rings. The molecule has 4 nitrogen and oxygen atoms in total. The average molecular weight is 221 g/mol. The van der Waals surface area contributed by atoms with Gasteiger partial charge in [-0.1, -0.05) is 13.8 Å². The van der Waals surface area contributed by atoms with Crippen LogP contribution in [0.25, 0.3) is 0 Å². The third-order valence-electron chi connectivity index (χ3n) is 2.11. The topological polar surface area (TPSA) is 56.3 Å². The Bertz CT molecular complexity index is 399. The predicted molar refractivity (Wildman–Crippen MR) is 59.4 cm³/mol. The molecule has 1 rings (SSSR count). The number of ketones is 1. The van der Waals surface area contributed by atoms with E-state index in [2.05, 4.69) is 4.98 Å². The van der Waals surface area contributed by atoms with Crippen molar-refractivity contribution in [3.05, 3.63) is 29.6 Å². The Morgan fingerprint density at radius 2 is 2.06 bits per heavy atom. The van der Waals surface area contributed by atoms with E-state index in [1.807, 2.05) is 0 Å². The summed E-state index contributed by atoms with van der Waals surface area (Å²) in [7, 11) is 0. The first-order valence-corrected chi connectivity index (χ1v) is 5.23. The fourth-order valence-corrected chi connectivity index (χ4v) is 1.29. The molecule has 0 bridgehead atoms. The number of aromatic nitrogens is 1. The maximum absolute atomic E-state index is 11.8. The van der Waals surface area contributed by atoms with E-state index in [1.54, 1.807) is 26.8 Å². The highest BCUT2D eigenvalue weighted by Crippen LogP contribution is 2.14. The first-order valence-electron chi connectivity index (χ1n) is 5.23. The van der Waals surface area contributed by atoms with E-state index >= 15 is 0 Å². The van der Waals surface area contributed by atoms with Gasteiger partial charge in [-0.05, 0) is 13.0 Å². The lowest BCUT2D eigenvalue weighted by atomic mass is 9.98. The first-order chi connectivity index (χ1) is 7.57. The van der Waals surface area contributed by atoms with Crippen LogP contribution < -0.4 is 0 Å². The molecule has 0 saturated carbocycles. The van der Waals surface area contributed by atoms with Crippen molar-refractivity contribution in [3.8, 4) is 0 Å². The monoisotopic (exact) mass is 221 g/mol. The van der Waals surface area contributed by atoms with Crippen molar-refractivity contribution in [1.29, 1.82) is 0 Å². The van der Waals surface area contributed by atoms with Crippen molar-refractivity contribution in [2.45, 2.75) is 20.8 Å². The molecule has 0 aromatic carbocycles. The lowest BCUT2D eigenvalue weighted by Crippen LogP contribution is -2.15. The minimum Gasteiger partial charge on any atom is -0.462 e. The summed E-state index contributed by atoms with van der Waals surface area (Å²) in [4.78, 5) is 27.3. The molecule has 0 aliphatic rings. The van der Waals surface area contributed by atoms with Crippen molar-refractivity contribution < 1.29 is 14.3 Å². The van der Waals surface area contributed by atoms with Gasteiger partial charge in [0.15, 0.2) is 5.78 Å². The molecule has 0 atom stereocenters. The third-order valence-corrected chi connectivity index (χ3v) is 2.11. The molecular formula is C12H15NO3. The molecule has 0 radical (unpaired) electrons. The standard InChI is InChI=1S/C12H15NO3/c1-4-16-12(15)10-7-13-6-5-9(10)11(14)8(2)3/h5-8H,4H2,1-3H3. The van der Waals surface area contributed by atoms with E-state index in [4.69, 9.17) is 4.74 Å². The SMILES string of the molecule is CCOC(=O)c1cnccc1C(=O)C(C)C. The second kappa shape index (κ2) is 5.39. The van der Waals surface area contributed by atoms with E-state index in [1.165, 1.54) is 12.4 Å². The van der Waals surface area contributed by atoms with Gasteiger partial charge < -0.3 is 4.74 Å². The third kappa shape index (κ3) is 2.66. The maximum atomic E-state index is 11.8. The number of carbonyl (C=O) groups is 2. The minimum absolute atomic E-state index is 0.0783. The summed E-state index contributed by atoms with van der Waals surface area (Å²) < 4.78 is 4.87. The van der Waals surface area contributed by atoms with Crippen molar-refractivity contribution in [2.75, 3.05) is 6.61 Å². The smallest absolute Gasteiger partial charge is 0.340 e. The quantitative estimate of drug-likeness (QED) is 0.577. The molecule has 4 heteroatoms. The first kappa shape index (κ1) is 12.4. The van der Waals surface area contributed by atoms with E-state index in [0.717, 1.165) is 0 Å². The molecular weight excluding hydrogens is 206 g/mol. The van der Waals surface area contributed by atoms with Crippen LogP contribution in [0.2, 0.25) is 0 Å². The van der Waals surface area contributed by atoms with Crippen molar-refractivity contribution in [1.82, 2.24) is 4.98 Å². The Balaban J connectivity index is 3.10. The molecule has 0 aliphatic carbocycles. The molecule has 0 aliphatic heterocycles. The number of pyridine rings is 1. The number of ether oxygens (including phenoxy) is 1. The van der Waals surface area contributed by atoms with Gasteiger partial charge in [0.1, 0.15) is 0 Å². The second-order valence-electron chi connectivity index (χ2n) is 3.66. The largest absolute Gasteiger partial charge is 0.462 e. The van der Waals surface area contributed by atoms with Gasteiger partial charge in [0.2, 0.25) is 0 Å². The van der Waals surface area contributed by atoms with Gasteiger partial charge in [0, 0.05) is 23.9 Å². The number of hydrogen-bond acceptors (Lipinski definition) is 4. The summed E-state index contributed by atoms with van der Waals surface area (Å²) in [6.45, 7) is 5.58. The van der Waals surface area contributed by atoms with Crippen LogP contribution in [0.15, 0.2) is 18.5 Å². The van der Waals surface area contributed by atoms with E-state index in [0.29, 0.717) is 5.56 Å². The molecule has 0 unspecified atom stereocenters. The van der Waals surface area contributed by atoms with Crippen molar-refractivity contribution in [2.24, 2.45) is 5.92 Å². The van der Waals surface area contributed by atoms with Gasteiger partial charge >= 0.3 is 5.97 Å². The molecule has 16 heavy (non-hydrogen) atoms. The Morgan fingerprint density at radius 1 is 1.38 bits per heavy atom. The number of nitrogens with zero attached hydrogens (tertiary/aromatic N) is 1. The van der Waals surface area contributed by atoms with Gasteiger partial charge in [-0.25, -0.2) is 4.79 Å². The Kier molecular flexibility index (Phi) is 4.17. The molecule has 0 N–H and O–H groups in total. The molecule has 0 saturated heterocycles. The normalized spacial score (nSPS) is 10.2. The summed E-state index contributed by atoms with van der Waals surface area (Å²) in [5, 5.41) is 0. The second-order valence-corrected chi connectivity index (χ2v) is 3.66. The summed E-state index contributed by atoms with van der Waals surface area (Å²) in [5.41, 5.74) is 0.617. The predicted octanol–water partition coefficient (Wildman–Crippen LogP) is 2.10. The number of esters is 1. The zero-order valence-electron chi connectivity index (χ0n) is 9.69. The highest BCUT2D eigenvalue weighted by atomic mass is 16.5. The number of carbonyl (C=O) groups excluding carboxylic acids is 2. The molecule has 0 amide bonds. The number of rotatable bonds is 4. The highest BCUT2D eigenvalue weighted by Gasteiger charge is 2.19. The van der Waals surface area contributed by atoms with E-state index in [9.17, 15) is 9.59 Å². The number of hydrogen-bond donors (Lipinski definition) is 0. The van der Waals surface area contributed by atoms with Crippen LogP contribution in [-0.2, 0) is 4.74 Å². The zero-order valence-corrected chi connectivity index (χ0v) is 9.69. The Morgan fingerprint density at radius 3 is 2.62 bits per heavy atom. The molecule has 0 spiro atoms. The van der Waals surface area contributed by atoms with Gasteiger partial charge in [-0.2, -0.15) is 0 Å². The van der Waals surface area contributed by atoms with Crippen LogP contribution in [0, 0.1) is 5.92 Å². The Labute approximate surface area is 94.6 Å². The summed E-state index contributed by atoms with van der Waals surface area (Å²) in [5.74, 6) is -0.736. The van der Waals surface area contributed by atoms with Crippen molar-refractivity contribution in [3.63, 3.8) is 0 Å². The maximum Gasteiger partial charge on any atom is 0.340 e. The highest BCUT2D eigenvalue weighted by molar-refractivity contribution is 6.06. The lowest BCUT2D eigenvalue weighted by Gasteiger charge is -2.08. The van der Waals surface area contributed by atoms with Gasteiger partial charge in [-0.3, -0.25) is 9.78 Å². The zero-order chi connectivity index (χ0) is 12.1. The van der Waals surface area contributed by atoms with Crippen LogP contribution in [0.5, 0.6) is 0 Å². The number of Topliss-reactive ketones (excluding diaryl/α,β-unsaturated/α-hetero) is 1. The van der Waals surface area contributed by atoms with Crippen LogP contribution in [-0.4, -0.2) is 23.3 Å². The van der Waals surface area contributed by atoms with Crippen LogP contribution in [0.3, 0.4) is 0 Å². The fourth-order valence-electron chi connectivity index (χ4n) is 1.29. The van der Waals surface area contributed by atoms with Gasteiger partial charge in [0.25, 0.3) is 0 Å². The van der Waals surface area contributed by atoms with Crippen LogP contribution in [0.1, 0.15) is 41.5 Å². The van der Waals surface area contributed by atoms with Crippen LogP contribution in [0.4, 0.5) is 0 Å². The molecule has 86 valence electrons. The minimum atomic E-state index is -0.500. The fraction of sp³-hybridized carbons (Fsp3) is 0.417. The van der Waals surface area contributed by atoms with Crippen LogP contribution >= 0.6 is 0 Å². The average Bonchev–Trinajstić information content (AvgIpc) is 2.28. The molecule has 1 aromatic heterocycles. The van der Waals surface area contributed by atoms with E-state index < -0.39 is 5.97 Å². The summed E-state index contributed by atoms with van der Waals surface area (Å²) >= 11 is 0. The Hall–Kier alpha value is -1.71. The van der Waals surface area contributed by atoms with Gasteiger partial charge in [0.05, 0.1) is 12.2 Å². The molecule has 1 heterocycles. The lowest BCUT2D eigenvalue weighted by molar-refractivity contribution is 0.0522. The van der Waals surface area contributed by atoms with E-state index in [-0.39, 0.29) is 23.9 Å².